The molecule has 0 radical (unpaired) electrons. The number of rotatable bonds is 4. The van der Waals surface area contributed by atoms with E-state index < -0.39 is 0 Å². The lowest BCUT2D eigenvalue weighted by atomic mass is 10.2. The van der Waals surface area contributed by atoms with E-state index in [1.807, 2.05) is 17.8 Å². The van der Waals surface area contributed by atoms with Gasteiger partial charge in [-0.15, -0.1) is 0 Å². The van der Waals surface area contributed by atoms with Crippen molar-refractivity contribution in [1.82, 2.24) is 29.3 Å². The Morgan fingerprint density at radius 3 is 2.95 bits per heavy atom. The molecule has 3 heterocycles. The summed E-state index contributed by atoms with van der Waals surface area (Å²) < 4.78 is 3.43. The third-order valence-corrected chi connectivity index (χ3v) is 3.29. The molecule has 108 valence electrons. The molecule has 0 N–H and O–H groups in total. The van der Waals surface area contributed by atoms with Gasteiger partial charge in [0.15, 0.2) is 5.65 Å². The van der Waals surface area contributed by atoms with Crippen LogP contribution >= 0.6 is 0 Å². The number of aromatic nitrogens is 5. The summed E-state index contributed by atoms with van der Waals surface area (Å²) in [5.74, 6) is -0.104. The Labute approximate surface area is 121 Å². The van der Waals surface area contributed by atoms with Gasteiger partial charge in [-0.1, -0.05) is 0 Å². The molecule has 0 saturated carbocycles. The van der Waals surface area contributed by atoms with Gasteiger partial charge in [-0.2, -0.15) is 10.2 Å². The normalized spacial score (nSPS) is 11.0. The molecule has 7 heteroatoms. The maximum atomic E-state index is 12.5. The number of carbonyl (C=O) groups is 1. The summed E-state index contributed by atoms with van der Waals surface area (Å²) in [4.78, 5) is 18.4. The molecule has 0 fully saturated rings. The SMILES string of the molecule is CCn1cc(CN(C)C(=O)c2cnn3cccnc23)cn1. The average molecular weight is 284 g/mol. The van der Waals surface area contributed by atoms with Crippen molar-refractivity contribution in [3.63, 3.8) is 0 Å². The molecule has 0 spiro atoms. The summed E-state index contributed by atoms with van der Waals surface area (Å²) in [7, 11) is 1.76. The van der Waals surface area contributed by atoms with Gasteiger partial charge in [0.05, 0.1) is 12.4 Å². The van der Waals surface area contributed by atoms with E-state index in [0.717, 1.165) is 12.1 Å². The van der Waals surface area contributed by atoms with Crippen molar-refractivity contribution in [2.45, 2.75) is 20.0 Å². The van der Waals surface area contributed by atoms with E-state index in [-0.39, 0.29) is 5.91 Å². The minimum Gasteiger partial charge on any atom is -0.337 e. The van der Waals surface area contributed by atoms with Crippen molar-refractivity contribution in [3.8, 4) is 0 Å². The molecule has 1 amide bonds. The molecule has 0 aromatic carbocycles. The van der Waals surface area contributed by atoms with Crippen LogP contribution in [0.2, 0.25) is 0 Å². The summed E-state index contributed by atoms with van der Waals surface area (Å²) in [6.45, 7) is 3.34. The Bertz CT molecular complexity index is 774. The van der Waals surface area contributed by atoms with Crippen LogP contribution in [0.3, 0.4) is 0 Å². The number of nitrogens with zero attached hydrogens (tertiary/aromatic N) is 6. The van der Waals surface area contributed by atoms with Gasteiger partial charge in [0.1, 0.15) is 5.56 Å². The van der Waals surface area contributed by atoms with E-state index in [2.05, 4.69) is 15.2 Å². The van der Waals surface area contributed by atoms with Crippen molar-refractivity contribution in [2.75, 3.05) is 7.05 Å². The van der Waals surface area contributed by atoms with E-state index in [1.54, 1.807) is 47.3 Å². The fourth-order valence-corrected chi connectivity index (χ4v) is 2.19. The summed E-state index contributed by atoms with van der Waals surface area (Å²) in [5, 5.41) is 8.35. The highest BCUT2D eigenvalue weighted by molar-refractivity contribution is 5.99. The molecular weight excluding hydrogens is 268 g/mol. The Kier molecular flexibility index (Phi) is 3.39. The number of amides is 1. The zero-order valence-electron chi connectivity index (χ0n) is 12.0. The van der Waals surface area contributed by atoms with Crippen molar-refractivity contribution in [1.29, 1.82) is 0 Å². The van der Waals surface area contributed by atoms with Gasteiger partial charge in [-0.3, -0.25) is 9.48 Å². The Hall–Kier alpha value is -2.70. The van der Waals surface area contributed by atoms with Crippen molar-refractivity contribution in [3.05, 3.63) is 48.2 Å². The molecule has 0 aliphatic rings. The van der Waals surface area contributed by atoms with Crippen molar-refractivity contribution >= 4 is 11.6 Å². The molecule has 3 rings (SSSR count). The second-order valence-electron chi connectivity index (χ2n) is 4.81. The standard InChI is InChI=1S/C14H16N6O/c1-3-19-10-11(7-16-19)9-18(2)14(21)12-8-17-20-6-4-5-15-13(12)20/h4-8,10H,3,9H2,1-2H3. The molecule has 0 saturated heterocycles. The van der Waals surface area contributed by atoms with Crippen LogP contribution in [-0.4, -0.2) is 42.2 Å². The Morgan fingerprint density at radius 2 is 2.19 bits per heavy atom. The predicted molar refractivity (Wildman–Crippen MR) is 76.7 cm³/mol. The molecule has 3 aromatic rings. The summed E-state index contributed by atoms with van der Waals surface area (Å²) in [5.41, 5.74) is 2.07. The zero-order chi connectivity index (χ0) is 14.8. The van der Waals surface area contributed by atoms with Gasteiger partial charge in [-0.25, -0.2) is 9.50 Å². The lowest BCUT2D eigenvalue weighted by Gasteiger charge is -2.15. The van der Waals surface area contributed by atoms with Crippen LogP contribution in [0, 0.1) is 0 Å². The summed E-state index contributed by atoms with van der Waals surface area (Å²) >= 11 is 0. The van der Waals surface area contributed by atoms with Gasteiger partial charge in [0.2, 0.25) is 0 Å². The molecule has 0 aliphatic carbocycles. The molecule has 3 aromatic heterocycles. The zero-order valence-corrected chi connectivity index (χ0v) is 12.0. The van der Waals surface area contributed by atoms with Crippen LogP contribution in [0.15, 0.2) is 37.1 Å². The summed E-state index contributed by atoms with van der Waals surface area (Å²) in [6, 6.07) is 1.77. The maximum absolute atomic E-state index is 12.5. The average Bonchev–Trinajstić information content (AvgIpc) is 3.12. The van der Waals surface area contributed by atoms with Gasteiger partial charge < -0.3 is 4.90 Å². The second kappa shape index (κ2) is 5.35. The fourth-order valence-electron chi connectivity index (χ4n) is 2.19. The van der Waals surface area contributed by atoms with E-state index in [9.17, 15) is 4.79 Å². The first-order chi connectivity index (χ1) is 10.2. The topological polar surface area (TPSA) is 68.3 Å². The summed E-state index contributed by atoms with van der Waals surface area (Å²) in [6.07, 6.45) is 8.69. The van der Waals surface area contributed by atoms with Gasteiger partial charge in [0.25, 0.3) is 5.91 Å². The predicted octanol–water partition coefficient (Wildman–Crippen LogP) is 1.22. The third kappa shape index (κ3) is 2.49. The quantitative estimate of drug-likeness (QED) is 0.722. The highest BCUT2D eigenvalue weighted by atomic mass is 16.2. The molecular formula is C14H16N6O. The van der Waals surface area contributed by atoms with Gasteiger partial charge in [-0.05, 0) is 13.0 Å². The monoisotopic (exact) mass is 284 g/mol. The van der Waals surface area contributed by atoms with Crippen LogP contribution in [0.1, 0.15) is 22.8 Å². The van der Waals surface area contributed by atoms with Crippen molar-refractivity contribution < 1.29 is 4.79 Å². The Balaban J connectivity index is 1.81. The van der Waals surface area contributed by atoms with E-state index in [4.69, 9.17) is 0 Å². The first-order valence-electron chi connectivity index (χ1n) is 6.74. The molecule has 0 aliphatic heterocycles. The third-order valence-electron chi connectivity index (χ3n) is 3.29. The molecule has 21 heavy (non-hydrogen) atoms. The molecule has 7 nitrogen and oxygen atoms in total. The van der Waals surface area contributed by atoms with E-state index in [1.165, 1.54) is 0 Å². The highest BCUT2D eigenvalue weighted by Crippen LogP contribution is 2.12. The lowest BCUT2D eigenvalue weighted by Crippen LogP contribution is -2.26. The largest absolute Gasteiger partial charge is 0.337 e. The highest BCUT2D eigenvalue weighted by Gasteiger charge is 2.18. The maximum Gasteiger partial charge on any atom is 0.259 e. The molecule has 0 unspecified atom stereocenters. The first-order valence-corrected chi connectivity index (χ1v) is 6.74. The first kappa shape index (κ1) is 13.3. The number of carbonyl (C=O) groups excluding carboxylic acids is 1. The van der Waals surface area contributed by atoms with Gasteiger partial charge in [0, 0.05) is 44.3 Å². The molecule has 0 atom stereocenters. The van der Waals surface area contributed by atoms with Crippen LogP contribution in [-0.2, 0) is 13.1 Å². The minimum absolute atomic E-state index is 0.104. The second-order valence-corrected chi connectivity index (χ2v) is 4.81. The van der Waals surface area contributed by atoms with Gasteiger partial charge >= 0.3 is 0 Å². The van der Waals surface area contributed by atoms with Crippen LogP contribution in [0.4, 0.5) is 0 Å². The number of aryl methyl sites for hydroxylation is 1. The Morgan fingerprint density at radius 1 is 1.33 bits per heavy atom. The van der Waals surface area contributed by atoms with E-state index >= 15 is 0 Å². The molecule has 0 bridgehead atoms. The van der Waals surface area contributed by atoms with Crippen LogP contribution < -0.4 is 0 Å². The minimum atomic E-state index is -0.104. The van der Waals surface area contributed by atoms with Crippen molar-refractivity contribution in [2.24, 2.45) is 0 Å². The number of hydrogen-bond acceptors (Lipinski definition) is 4. The van der Waals surface area contributed by atoms with Crippen LogP contribution in [0.25, 0.3) is 5.65 Å². The fraction of sp³-hybridized carbons (Fsp3) is 0.286. The lowest BCUT2D eigenvalue weighted by molar-refractivity contribution is 0.0787. The number of hydrogen-bond donors (Lipinski definition) is 0. The van der Waals surface area contributed by atoms with E-state index in [0.29, 0.717) is 17.8 Å². The van der Waals surface area contributed by atoms with Crippen LogP contribution in [0.5, 0.6) is 0 Å². The smallest absolute Gasteiger partial charge is 0.259 e. The number of fused-ring (bicyclic) bond motifs is 1.